The second-order valence-electron chi connectivity index (χ2n) is 8.69. The van der Waals surface area contributed by atoms with E-state index in [1.54, 1.807) is 32.5 Å². The summed E-state index contributed by atoms with van der Waals surface area (Å²) < 4.78 is 2.38. The summed E-state index contributed by atoms with van der Waals surface area (Å²) in [5, 5.41) is 9.93. The predicted octanol–water partition coefficient (Wildman–Crippen LogP) is 4.36. The molecular formula is C26H26N2O2S2. The van der Waals surface area contributed by atoms with Gasteiger partial charge in [-0.05, 0) is 61.1 Å². The van der Waals surface area contributed by atoms with Crippen molar-refractivity contribution >= 4 is 40.5 Å². The van der Waals surface area contributed by atoms with Crippen LogP contribution in [0.3, 0.4) is 0 Å². The lowest BCUT2D eigenvalue weighted by atomic mass is 9.87. The Morgan fingerprint density at radius 2 is 1.78 bits per heavy atom. The summed E-state index contributed by atoms with van der Waals surface area (Å²) in [5.74, 6) is -0.281. The summed E-state index contributed by atoms with van der Waals surface area (Å²) in [7, 11) is 0. The molecule has 6 heteroatoms. The van der Waals surface area contributed by atoms with Crippen molar-refractivity contribution < 1.29 is 4.79 Å². The molecule has 0 saturated heterocycles. The van der Waals surface area contributed by atoms with E-state index < -0.39 is 5.41 Å². The number of Topliss-reactive ketones (excluding diaryl/α,β-unsaturated/α-hetero) is 1. The molecule has 164 valence electrons. The SMILES string of the molecule is CSc1ccc(/C=c2\s/c(=C(/C#N)C(=O)C(C)(C)C)n(-c3cc(C)ccc3C)c2=O)cc1. The maximum atomic E-state index is 13.6. The van der Waals surface area contributed by atoms with Gasteiger partial charge < -0.3 is 0 Å². The lowest BCUT2D eigenvalue weighted by Crippen LogP contribution is -2.33. The number of thioether (sulfide) groups is 1. The first kappa shape index (κ1) is 23.8. The highest BCUT2D eigenvalue weighted by Gasteiger charge is 2.27. The molecule has 0 saturated carbocycles. The Kier molecular flexibility index (Phi) is 6.92. The largest absolute Gasteiger partial charge is 0.293 e. The summed E-state index contributed by atoms with van der Waals surface area (Å²) in [6.45, 7) is 9.21. The van der Waals surface area contributed by atoms with Gasteiger partial charge >= 0.3 is 0 Å². The third kappa shape index (κ3) is 4.79. The van der Waals surface area contributed by atoms with Gasteiger partial charge in [-0.3, -0.25) is 14.2 Å². The van der Waals surface area contributed by atoms with Gasteiger partial charge in [0, 0.05) is 10.3 Å². The molecule has 0 bridgehead atoms. The fraction of sp³-hybridized carbons (Fsp3) is 0.269. The Bertz CT molecular complexity index is 1400. The first-order valence-corrected chi connectivity index (χ1v) is 12.3. The number of carbonyl (C=O) groups excluding carboxylic acids is 1. The highest BCUT2D eigenvalue weighted by Crippen LogP contribution is 2.21. The Labute approximate surface area is 196 Å². The number of thiazole rings is 1. The van der Waals surface area contributed by atoms with E-state index in [1.165, 1.54) is 15.9 Å². The molecule has 0 aliphatic heterocycles. The minimum absolute atomic E-state index is 0.0119. The van der Waals surface area contributed by atoms with Crippen molar-refractivity contribution in [3.05, 3.63) is 78.7 Å². The number of ketones is 1. The van der Waals surface area contributed by atoms with Gasteiger partial charge in [-0.2, -0.15) is 5.26 Å². The number of aryl methyl sites for hydroxylation is 2. The van der Waals surface area contributed by atoms with Gasteiger partial charge in [-0.15, -0.1) is 23.1 Å². The average Bonchev–Trinajstić information content (AvgIpc) is 3.06. The van der Waals surface area contributed by atoms with Crippen molar-refractivity contribution in [2.45, 2.75) is 39.5 Å². The molecule has 0 spiro atoms. The highest BCUT2D eigenvalue weighted by molar-refractivity contribution is 7.98. The van der Waals surface area contributed by atoms with Gasteiger partial charge in [-0.25, -0.2) is 0 Å². The first-order chi connectivity index (χ1) is 15.1. The van der Waals surface area contributed by atoms with Crippen molar-refractivity contribution in [2.24, 2.45) is 5.41 Å². The number of rotatable bonds is 4. The molecule has 0 atom stereocenters. The minimum Gasteiger partial charge on any atom is -0.293 e. The normalized spacial score (nSPS) is 13.1. The maximum Gasteiger partial charge on any atom is 0.273 e. The Balaban J connectivity index is 2.44. The molecule has 32 heavy (non-hydrogen) atoms. The Morgan fingerprint density at radius 3 is 2.34 bits per heavy atom. The Hall–Kier alpha value is -2.88. The maximum absolute atomic E-state index is 13.6. The number of nitriles is 1. The fourth-order valence-corrected chi connectivity index (χ4v) is 4.75. The number of carbonyl (C=O) groups is 1. The van der Waals surface area contributed by atoms with Crippen LogP contribution in [0.1, 0.15) is 37.5 Å². The molecule has 4 nitrogen and oxygen atoms in total. The number of nitrogens with zero attached hydrogens (tertiary/aromatic N) is 2. The van der Waals surface area contributed by atoms with Crippen LogP contribution in [-0.2, 0) is 4.79 Å². The number of aromatic nitrogens is 1. The quantitative estimate of drug-likeness (QED) is 0.541. The molecular weight excluding hydrogens is 436 g/mol. The molecule has 0 aliphatic rings. The topological polar surface area (TPSA) is 62.9 Å². The monoisotopic (exact) mass is 462 g/mol. The lowest BCUT2D eigenvalue weighted by molar-refractivity contribution is -0.120. The Morgan fingerprint density at radius 1 is 1.12 bits per heavy atom. The first-order valence-electron chi connectivity index (χ1n) is 10.2. The molecule has 2 aromatic carbocycles. The molecule has 0 radical (unpaired) electrons. The molecule has 0 N–H and O–H groups in total. The van der Waals surface area contributed by atoms with E-state index in [0.717, 1.165) is 21.6 Å². The molecule has 0 unspecified atom stereocenters. The van der Waals surface area contributed by atoms with Crippen LogP contribution in [0.25, 0.3) is 17.3 Å². The average molecular weight is 463 g/mol. The van der Waals surface area contributed by atoms with E-state index in [0.29, 0.717) is 14.9 Å². The van der Waals surface area contributed by atoms with Crippen LogP contribution in [0.5, 0.6) is 0 Å². The summed E-state index contributed by atoms with van der Waals surface area (Å²) in [4.78, 5) is 27.8. The van der Waals surface area contributed by atoms with E-state index in [2.05, 4.69) is 6.07 Å². The van der Waals surface area contributed by atoms with Crippen LogP contribution in [0, 0.1) is 30.6 Å². The van der Waals surface area contributed by atoms with Crippen molar-refractivity contribution in [1.29, 1.82) is 5.26 Å². The minimum atomic E-state index is -0.741. The molecule has 3 rings (SSSR count). The zero-order chi connectivity index (χ0) is 23.6. The third-order valence-electron chi connectivity index (χ3n) is 5.08. The summed E-state index contributed by atoms with van der Waals surface area (Å²) in [6.07, 6.45) is 3.83. The van der Waals surface area contributed by atoms with Crippen LogP contribution in [0.2, 0.25) is 0 Å². The molecule has 0 aliphatic carbocycles. The summed E-state index contributed by atoms with van der Waals surface area (Å²) in [6, 6.07) is 15.9. The second kappa shape index (κ2) is 9.32. The van der Waals surface area contributed by atoms with Crippen LogP contribution >= 0.6 is 23.1 Å². The van der Waals surface area contributed by atoms with E-state index in [4.69, 9.17) is 0 Å². The van der Waals surface area contributed by atoms with Gasteiger partial charge in [0.2, 0.25) is 0 Å². The van der Waals surface area contributed by atoms with Crippen LogP contribution in [0.4, 0.5) is 0 Å². The van der Waals surface area contributed by atoms with Crippen molar-refractivity contribution in [3.63, 3.8) is 0 Å². The van der Waals surface area contributed by atoms with Gasteiger partial charge in [0.1, 0.15) is 16.3 Å². The van der Waals surface area contributed by atoms with Crippen molar-refractivity contribution in [1.82, 2.24) is 4.57 Å². The van der Waals surface area contributed by atoms with Crippen LogP contribution in [-0.4, -0.2) is 16.6 Å². The molecule has 1 aromatic heterocycles. The molecule has 1 heterocycles. The molecule has 0 fully saturated rings. The summed E-state index contributed by atoms with van der Waals surface area (Å²) >= 11 is 2.84. The number of benzene rings is 2. The third-order valence-corrected chi connectivity index (χ3v) is 6.91. The van der Waals surface area contributed by atoms with Crippen LogP contribution < -0.4 is 14.8 Å². The smallest absolute Gasteiger partial charge is 0.273 e. The van der Waals surface area contributed by atoms with Crippen molar-refractivity contribution in [2.75, 3.05) is 6.26 Å². The van der Waals surface area contributed by atoms with Gasteiger partial charge in [-0.1, -0.05) is 45.0 Å². The predicted molar refractivity (Wildman–Crippen MR) is 134 cm³/mol. The van der Waals surface area contributed by atoms with Crippen LogP contribution in [0.15, 0.2) is 52.2 Å². The zero-order valence-corrected chi connectivity index (χ0v) is 20.8. The van der Waals surface area contributed by atoms with E-state index >= 15 is 0 Å². The summed E-state index contributed by atoms with van der Waals surface area (Å²) in [5.41, 5.74) is 2.51. The number of hydrogen-bond donors (Lipinski definition) is 0. The molecule has 0 amide bonds. The standard InChI is InChI=1S/C26H26N2O2S2/c1-16-7-8-17(2)21(13-16)28-24(30)22(14-18-9-11-19(31-6)12-10-18)32-25(28)20(15-27)23(29)26(3,4)5/h7-14H,1-6H3/b22-14-,25-20-. The van der Waals surface area contributed by atoms with E-state index in [9.17, 15) is 14.9 Å². The second-order valence-corrected chi connectivity index (χ2v) is 10.6. The van der Waals surface area contributed by atoms with Crippen molar-refractivity contribution in [3.8, 4) is 11.8 Å². The van der Waals surface area contributed by atoms with Gasteiger partial charge in [0.25, 0.3) is 5.56 Å². The fourth-order valence-electron chi connectivity index (χ4n) is 3.25. The zero-order valence-electron chi connectivity index (χ0n) is 19.1. The van der Waals surface area contributed by atoms with E-state index in [1.807, 2.05) is 68.6 Å². The van der Waals surface area contributed by atoms with Gasteiger partial charge in [0.05, 0.1) is 10.2 Å². The molecule has 3 aromatic rings. The van der Waals surface area contributed by atoms with E-state index in [-0.39, 0.29) is 16.9 Å². The lowest BCUT2D eigenvalue weighted by Gasteiger charge is -2.15. The number of hydrogen-bond acceptors (Lipinski definition) is 5. The highest BCUT2D eigenvalue weighted by atomic mass is 32.2. The van der Waals surface area contributed by atoms with Gasteiger partial charge in [0.15, 0.2) is 5.78 Å².